The van der Waals surface area contributed by atoms with E-state index in [1.165, 1.54) is 19.3 Å². The third-order valence-corrected chi connectivity index (χ3v) is 3.99. The van der Waals surface area contributed by atoms with Crippen LogP contribution in [0, 0.1) is 5.92 Å². The van der Waals surface area contributed by atoms with Gasteiger partial charge in [0, 0.05) is 10.9 Å². The first-order valence-electron chi connectivity index (χ1n) is 5.57. The molecule has 78 valence electrons. The zero-order valence-electron chi connectivity index (χ0n) is 9.05. The molecule has 1 N–H and O–H groups in total. The molecule has 1 aromatic heterocycles. The predicted octanol–water partition coefficient (Wildman–Crippen LogP) is 3.37. The van der Waals surface area contributed by atoms with Gasteiger partial charge in [-0.15, -0.1) is 11.3 Å². The highest BCUT2D eigenvalue weighted by molar-refractivity contribution is 7.10. The van der Waals surface area contributed by atoms with Crippen LogP contribution in [-0.2, 0) is 6.42 Å². The van der Waals surface area contributed by atoms with Crippen LogP contribution in [0.2, 0.25) is 0 Å². The van der Waals surface area contributed by atoms with Crippen molar-refractivity contribution < 1.29 is 0 Å². The molecule has 2 heterocycles. The Labute approximate surface area is 90.5 Å². The molecule has 0 saturated carbocycles. The fourth-order valence-electron chi connectivity index (χ4n) is 2.07. The minimum absolute atomic E-state index is 0.640. The second kappa shape index (κ2) is 4.45. The van der Waals surface area contributed by atoms with Crippen molar-refractivity contribution in [2.75, 3.05) is 6.54 Å². The molecule has 1 nitrogen and oxygen atoms in total. The van der Waals surface area contributed by atoms with E-state index in [1.54, 1.807) is 10.4 Å². The second-order valence-electron chi connectivity index (χ2n) is 4.54. The van der Waals surface area contributed by atoms with E-state index in [1.807, 2.05) is 11.3 Å². The first-order chi connectivity index (χ1) is 6.77. The second-order valence-corrected chi connectivity index (χ2v) is 5.49. The molecular weight excluding hydrogens is 190 g/mol. The molecule has 0 fully saturated rings. The third kappa shape index (κ3) is 2.18. The molecule has 1 aliphatic heterocycles. The lowest BCUT2D eigenvalue weighted by Gasteiger charge is -2.24. The van der Waals surface area contributed by atoms with Crippen molar-refractivity contribution in [3.05, 3.63) is 21.9 Å². The van der Waals surface area contributed by atoms with Crippen molar-refractivity contribution in [1.82, 2.24) is 5.32 Å². The predicted molar refractivity (Wildman–Crippen MR) is 62.8 cm³/mol. The summed E-state index contributed by atoms with van der Waals surface area (Å²) in [6.07, 6.45) is 3.84. The van der Waals surface area contributed by atoms with Gasteiger partial charge in [0.05, 0.1) is 0 Å². The highest BCUT2D eigenvalue weighted by atomic mass is 32.1. The normalized spacial score (nSPS) is 21.2. The molecule has 1 aliphatic rings. The molecular formula is C12H19NS. The van der Waals surface area contributed by atoms with Gasteiger partial charge in [-0.2, -0.15) is 0 Å². The average molecular weight is 209 g/mol. The van der Waals surface area contributed by atoms with E-state index in [0.717, 1.165) is 12.5 Å². The zero-order chi connectivity index (χ0) is 9.97. The summed E-state index contributed by atoms with van der Waals surface area (Å²) in [6.45, 7) is 5.77. The summed E-state index contributed by atoms with van der Waals surface area (Å²) in [5.74, 6) is 0.821. The first kappa shape index (κ1) is 10.2. The molecule has 0 spiro atoms. The number of hydrogen-bond donors (Lipinski definition) is 1. The van der Waals surface area contributed by atoms with Crippen LogP contribution in [-0.4, -0.2) is 6.54 Å². The van der Waals surface area contributed by atoms with Crippen molar-refractivity contribution in [1.29, 1.82) is 0 Å². The Morgan fingerprint density at radius 2 is 2.43 bits per heavy atom. The maximum atomic E-state index is 3.63. The number of thiophene rings is 1. The van der Waals surface area contributed by atoms with Crippen LogP contribution in [0.4, 0.5) is 0 Å². The van der Waals surface area contributed by atoms with Gasteiger partial charge >= 0.3 is 0 Å². The van der Waals surface area contributed by atoms with E-state index in [9.17, 15) is 0 Å². The topological polar surface area (TPSA) is 12.0 Å². The van der Waals surface area contributed by atoms with Gasteiger partial charge in [0.2, 0.25) is 0 Å². The van der Waals surface area contributed by atoms with Crippen LogP contribution in [0.3, 0.4) is 0 Å². The van der Waals surface area contributed by atoms with Gasteiger partial charge in [-0.25, -0.2) is 0 Å². The molecule has 0 saturated heterocycles. The van der Waals surface area contributed by atoms with Gasteiger partial charge < -0.3 is 5.32 Å². The maximum Gasteiger partial charge on any atom is 0.0417 e. The third-order valence-electron chi connectivity index (χ3n) is 2.91. The van der Waals surface area contributed by atoms with Crippen molar-refractivity contribution in [3.63, 3.8) is 0 Å². The Hall–Kier alpha value is -0.340. The quantitative estimate of drug-likeness (QED) is 0.805. The lowest BCUT2D eigenvalue weighted by Crippen LogP contribution is -2.28. The number of nitrogens with one attached hydrogen (secondary N) is 1. The van der Waals surface area contributed by atoms with Crippen molar-refractivity contribution in [2.45, 2.75) is 39.2 Å². The minimum Gasteiger partial charge on any atom is -0.309 e. The Balaban J connectivity index is 2.01. The van der Waals surface area contributed by atoms with E-state index < -0.39 is 0 Å². The van der Waals surface area contributed by atoms with Gasteiger partial charge in [0.1, 0.15) is 0 Å². The van der Waals surface area contributed by atoms with E-state index >= 15 is 0 Å². The van der Waals surface area contributed by atoms with Crippen molar-refractivity contribution >= 4 is 11.3 Å². The summed E-state index contributed by atoms with van der Waals surface area (Å²) in [5, 5.41) is 5.86. The number of fused-ring (bicyclic) bond motifs is 1. The Kier molecular flexibility index (Phi) is 3.24. The Morgan fingerprint density at radius 3 is 3.21 bits per heavy atom. The highest BCUT2D eigenvalue weighted by Gasteiger charge is 2.20. The molecule has 0 radical (unpaired) electrons. The van der Waals surface area contributed by atoms with Gasteiger partial charge in [-0.3, -0.25) is 0 Å². The summed E-state index contributed by atoms with van der Waals surface area (Å²) < 4.78 is 0. The lowest BCUT2D eigenvalue weighted by molar-refractivity contribution is 0.432. The first-order valence-corrected chi connectivity index (χ1v) is 6.45. The largest absolute Gasteiger partial charge is 0.309 e. The molecule has 0 aliphatic carbocycles. The van der Waals surface area contributed by atoms with Gasteiger partial charge in [0.25, 0.3) is 0 Å². The van der Waals surface area contributed by atoms with E-state index in [0.29, 0.717) is 6.04 Å². The van der Waals surface area contributed by atoms with Gasteiger partial charge in [-0.05, 0) is 48.7 Å². The van der Waals surface area contributed by atoms with Gasteiger partial charge in [-0.1, -0.05) is 13.8 Å². The fourth-order valence-corrected chi connectivity index (χ4v) is 3.13. The van der Waals surface area contributed by atoms with E-state index in [-0.39, 0.29) is 0 Å². The van der Waals surface area contributed by atoms with Crippen molar-refractivity contribution in [3.8, 4) is 0 Å². The standard InChI is InChI=1S/C12H19NS/c1-9(2)3-4-11-12-10(5-7-13-11)6-8-14-12/h6,8-9,11,13H,3-5,7H2,1-2H3. The van der Waals surface area contributed by atoms with Crippen LogP contribution in [0.15, 0.2) is 11.4 Å². The summed E-state index contributed by atoms with van der Waals surface area (Å²) in [5.41, 5.74) is 1.59. The minimum atomic E-state index is 0.640. The number of hydrogen-bond acceptors (Lipinski definition) is 2. The van der Waals surface area contributed by atoms with Crippen LogP contribution in [0.5, 0.6) is 0 Å². The van der Waals surface area contributed by atoms with Crippen LogP contribution in [0.1, 0.15) is 43.2 Å². The highest BCUT2D eigenvalue weighted by Crippen LogP contribution is 2.31. The SMILES string of the molecule is CC(C)CCC1NCCc2ccsc21. The molecule has 14 heavy (non-hydrogen) atoms. The number of rotatable bonds is 3. The monoisotopic (exact) mass is 209 g/mol. The summed E-state index contributed by atoms with van der Waals surface area (Å²) in [6, 6.07) is 2.93. The molecule has 1 unspecified atom stereocenters. The molecule has 1 atom stereocenters. The molecule has 0 aromatic carbocycles. The fraction of sp³-hybridized carbons (Fsp3) is 0.667. The van der Waals surface area contributed by atoms with E-state index in [2.05, 4.69) is 30.6 Å². The molecule has 2 heteroatoms. The molecule has 2 rings (SSSR count). The van der Waals surface area contributed by atoms with Crippen molar-refractivity contribution in [2.24, 2.45) is 5.92 Å². The Morgan fingerprint density at radius 1 is 1.57 bits per heavy atom. The van der Waals surface area contributed by atoms with Crippen LogP contribution in [0.25, 0.3) is 0 Å². The molecule has 0 bridgehead atoms. The van der Waals surface area contributed by atoms with Crippen LogP contribution < -0.4 is 5.32 Å². The molecule has 0 amide bonds. The lowest BCUT2D eigenvalue weighted by atomic mass is 9.97. The maximum absolute atomic E-state index is 3.63. The summed E-state index contributed by atoms with van der Waals surface area (Å²) in [4.78, 5) is 1.59. The van der Waals surface area contributed by atoms with Crippen LogP contribution >= 0.6 is 11.3 Å². The molecule has 1 aromatic rings. The summed E-state index contributed by atoms with van der Waals surface area (Å²) >= 11 is 1.92. The Bertz CT molecular complexity index is 290. The smallest absolute Gasteiger partial charge is 0.0417 e. The average Bonchev–Trinajstić information content (AvgIpc) is 2.62. The van der Waals surface area contributed by atoms with Gasteiger partial charge in [0.15, 0.2) is 0 Å². The zero-order valence-corrected chi connectivity index (χ0v) is 9.86. The van der Waals surface area contributed by atoms with E-state index in [4.69, 9.17) is 0 Å². The summed E-state index contributed by atoms with van der Waals surface area (Å²) in [7, 11) is 0.